The molecule has 0 aromatic heterocycles. The Bertz CT molecular complexity index is 351. The van der Waals surface area contributed by atoms with Gasteiger partial charge in [0.25, 0.3) is 0 Å². The summed E-state index contributed by atoms with van der Waals surface area (Å²) in [6.45, 7) is 4.30. The van der Waals surface area contributed by atoms with Crippen LogP contribution in [0.25, 0.3) is 0 Å². The molecule has 21 heavy (non-hydrogen) atoms. The Morgan fingerprint density at radius 2 is 1.52 bits per heavy atom. The monoisotopic (exact) mass is 286 g/mol. The van der Waals surface area contributed by atoms with E-state index in [2.05, 4.69) is 37.8 Å². The average molecular weight is 287 g/mol. The van der Waals surface area contributed by atoms with E-state index in [9.17, 15) is 0 Å². The van der Waals surface area contributed by atoms with Crippen LogP contribution in [-0.2, 0) is 0 Å². The van der Waals surface area contributed by atoms with Gasteiger partial charge in [0, 0.05) is 12.3 Å². The van der Waals surface area contributed by atoms with Gasteiger partial charge >= 0.3 is 0 Å². The summed E-state index contributed by atoms with van der Waals surface area (Å²) < 4.78 is 0. The molecular weight excluding hydrogens is 252 g/mol. The first-order valence-electron chi connectivity index (χ1n) is 9.43. The summed E-state index contributed by atoms with van der Waals surface area (Å²) in [6, 6.07) is 0. The Morgan fingerprint density at radius 1 is 0.905 bits per heavy atom. The van der Waals surface area contributed by atoms with Crippen LogP contribution < -0.4 is 0 Å². The molecular formula is C21H34. The maximum Gasteiger partial charge on any atom is 0.0203 e. The second kappa shape index (κ2) is 9.34. The highest BCUT2D eigenvalue weighted by atomic mass is 14.3. The van der Waals surface area contributed by atoms with Crippen molar-refractivity contribution in [3.63, 3.8) is 0 Å². The Balaban J connectivity index is 1.67. The minimum absolute atomic E-state index is 0.721. The molecule has 118 valence electrons. The van der Waals surface area contributed by atoms with E-state index >= 15 is 0 Å². The molecule has 0 radical (unpaired) electrons. The minimum atomic E-state index is 0.721. The van der Waals surface area contributed by atoms with Gasteiger partial charge in [-0.05, 0) is 76.0 Å². The predicted molar refractivity (Wildman–Crippen MR) is 93.0 cm³/mol. The summed E-state index contributed by atoms with van der Waals surface area (Å²) in [5, 5.41) is 0. The van der Waals surface area contributed by atoms with Crippen LogP contribution in [0.4, 0.5) is 0 Å². The van der Waals surface area contributed by atoms with Gasteiger partial charge in [0.1, 0.15) is 0 Å². The minimum Gasteiger partial charge on any atom is -0.103 e. The van der Waals surface area contributed by atoms with Crippen molar-refractivity contribution < 1.29 is 0 Å². The van der Waals surface area contributed by atoms with E-state index < -0.39 is 0 Å². The normalized spacial score (nSPS) is 33.6. The number of rotatable bonds is 4. The van der Waals surface area contributed by atoms with Crippen molar-refractivity contribution in [2.45, 2.75) is 84.5 Å². The molecule has 2 rings (SSSR count). The van der Waals surface area contributed by atoms with Gasteiger partial charge in [0.2, 0.25) is 0 Å². The van der Waals surface area contributed by atoms with Crippen molar-refractivity contribution in [3.8, 4) is 11.8 Å². The van der Waals surface area contributed by atoms with Gasteiger partial charge in [-0.1, -0.05) is 37.8 Å². The predicted octanol–water partition coefficient (Wildman–Crippen LogP) is 6.37. The van der Waals surface area contributed by atoms with Crippen LogP contribution >= 0.6 is 0 Å². The van der Waals surface area contributed by atoms with Crippen molar-refractivity contribution >= 4 is 0 Å². The highest BCUT2D eigenvalue weighted by Crippen LogP contribution is 2.42. The molecule has 0 heteroatoms. The number of hydrogen-bond donors (Lipinski definition) is 0. The standard InChI is InChI=1S/C21H34/c1-3-5-7-9-19-12-16-21(17-13-19)20-14-10-18(11-15-20)8-6-4-2/h3,5,18-21H,4,7,9-17H2,1-2H3/b5-3+. The third kappa shape index (κ3) is 5.54. The molecule has 0 bridgehead atoms. The molecule has 0 nitrogen and oxygen atoms in total. The molecule has 2 aliphatic carbocycles. The summed E-state index contributed by atoms with van der Waals surface area (Å²) in [6.07, 6.45) is 20.0. The van der Waals surface area contributed by atoms with Crippen molar-refractivity contribution in [3.05, 3.63) is 12.2 Å². The van der Waals surface area contributed by atoms with Crippen molar-refractivity contribution in [2.75, 3.05) is 0 Å². The first-order chi connectivity index (χ1) is 10.3. The van der Waals surface area contributed by atoms with Gasteiger partial charge in [-0.3, -0.25) is 0 Å². The highest BCUT2D eigenvalue weighted by Gasteiger charge is 2.30. The Hall–Kier alpha value is -0.700. The molecule has 0 spiro atoms. The molecule has 0 unspecified atom stereocenters. The van der Waals surface area contributed by atoms with Crippen molar-refractivity contribution in [2.24, 2.45) is 23.7 Å². The molecule has 2 aliphatic rings. The van der Waals surface area contributed by atoms with Crippen LogP contribution in [-0.4, -0.2) is 0 Å². The zero-order chi connectivity index (χ0) is 14.9. The molecule has 0 atom stereocenters. The van der Waals surface area contributed by atoms with Crippen LogP contribution in [0.15, 0.2) is 12.2 Å². The van der Waals surface area contributed by atoms with Crippen LogP contribution in [0.2, 0.25) is 0 Å². The van der Waals surface area contributed by atoms with E-state index in [1.54, 1.807) is 0 Å². The SMILES string of the molecule is C/C=C/CCC1CCC(C2CCC(C#CCC)CC2)CC1. The molecule has 2 fully saturated rings. The van der Waals surface area contributed by atoms with Crippen LogP contribution in [0.3, 0.4) is 0 Å². The summed E-state index contributed by atoms with van der Waals surface area (Å²) >= 11 is 0. The fraction of sp³-hybridized carbons (Fsp3) is 0.810. The van der Waals surface area contributed by atoms with E-state index in [0.29, 0.717) is 0 Å². The fourth-order valence-electron chi connectivity index (χ4n) is 4.43. The maximum absolute atomic E-state index is 3.47. The zero-order valence-corrected chi connectivity index (χ0v) is 14.2. The van der Waals surface area contributed by atoms with Gasteiger partial charge < -0.3 is 0 Å². The van der Waals surface area contributed by atoms with E-state index in [1.807, 2.05) is 0 Å². The lowest BCUT2D eigenvalue weighted by molar-refractivity contribution is 0.154. The third-order valence-electron chi connectivity index (χ3n) is 5.79. The number of allylic oxidation sites excluding steroid dienone is 2. The van der Waals surface area contributed by atoms with Crippen LogP contribution in [0.1, 0.15) is 84.5 Å². The first-order valence-corrected chi connectivity index (χ1v) is 9.43. The van der Waals surface area contributed by atoms with Gasteiger partial charge in [0.15, 0.2) is 0 Å². The van der Waals surface area contributed by atoms with Crippen LogP contribution in [0, 0.1) is 35.5 Å². The quantitative estimate of drug-likeness (QED) is 0.416. The molecule has 2 saturated carbocycles. The fourth-order valence-corrected chi connectivity index (χ4v) is 4.43. The van der Waals surface area contributed by atoms with Gasteiger partial charge in [-0.2, -0.15) is 0 Å². The molecule has 0 aliphatic heterocycles. The topological polar surface area (TPSA) is 0 Å². The molecule has 0 N–H and O–H groups in total. The zero-order valence-electron chi connectivity index (χ0n) is 14.2. The van der Waals surface area contributed by atoms with Gasteiger partial charge in [-0.25, -0.2) is 0 Å². The molecule has 0 aromatic carbocycles. The molecule has 0 saturated heterocycles. The van der Waals surface area contributed by atoms with Crippen molar-refractivity contribution in [1.29, 1.82) is 0 Å². The summed E-state index contributed by atoms with van der Waals surface area (Å²) in [7, 11) is 0. The number of hydrogen-bond acceptors (Lipinski definition) is 0. The first kappa shape index (κ1) is 16.7. The summed E-state index contributed by atoms with van der Waals surface area (Å²) in [5.74, 6) is 10.6. The van der Waals surface area contributed by atoms with E-state index in [1.165, 1.54) is 64.2 Å². The smallest absolute Gasteiger partial charge is 0.0203 e. The highest BCUT2D eigenvalue weighted by molar-refractivity contribution is 5.04. The molecule has 0 amide bonds. The molecule has 0 aromatic rings. The summed E-state index contributed by atoms with van der Waals surface area (Å²) in [4.78, 5) is 0. The largest absolute Gasteiger partial charge is 0.103 e. The Morgan fingerprint density at radius 3 is 2.10 bits per heavy atom. The maximum atomic E-state index is 3.47. The Kier molecular flexibility index (Phi) is 7.42. The second-order valence-electron chi connectivity index (χ2n) is 7.21. The van der Waals surface area contributed by atoms with Gasteiger partial charge in [0.05, 0.1) is 0 Å². The average Bonchev–Trinajstić information content (AvgIpc) is 2.54. The lowest BCUT2D eigenvalue weighted by atomic mass is 9.69. The van der Waals surface area contributed by atoms with Crippen LogP contribution in [0.5, 0.6) is 0 Å². The lowest BCUT2D eigenvalue weighted by Gasteiger charge is -2.37. The van der Waals surface area contributed by atoms with E-state index in [-0.39, 0.29) is 0 Å². The van der Waals surface area contributed by atoms with Gasteiger partial charge in [-0.15, -0.1) is 5.92 Å². The Labute approximate surface area is 132 Å². The van der Waals surface area contributed by atoms with Crippen molar-refractivity contribution in [1.82, 2.24) is 0 Å². The summed E-state index contributed by atoms with van der Waals surface area (Å²) in [5.41, 5.74) is 0. The lowest BCUT2D eigenvalue weighted by Crippen LogP contribution is -2.25. The third-order valence-corrected chi connectivity index (χ3v) is 5.79. The van der Waals surface area contributed by atoms with E-state index in [0.717, 1.165) is 30.1 Å². The second-order valence-corrected chi connectivity index (χ2v) is 7.21. The van der Waals surface area contributed by atoms with E-state index in [4.69, 9.17) is 0 Å². The molecule has 0 heterocycles.